The van der Waals surface area contributed by atoms with Crippen LogP contribution in [0.4, 0.5) is 5.69 Å². The van der Waals surface area contributed by atoms with E-state index >= 15 is 0 Å². The molecular formula is C22H26ClN3O4. The molecule has 0 atom stereocenters. The Morgan fingerprint density at radius 3 is 2.47 bits per heavy atom. The third kappa shape index (κ3) is 5.36. The Morgan fingerprint density at radius 1 is 1.03 bits per heavy atom. The van der Waals surface area contributed by atoms with Gasteiger partial charge in [-0.2, -0.15) is 0 Å². The van der Waals surface area contributed by atoms with Gasteiger partial charge in [0.2, 0.25) is 5.91 Å². The molecule has 2 amide bonds. The van der Waals surface area contributed by atoms with Gasteiger partial charge in [-0.25, -0.2) is 0 Å². The molecule has 160 valence electrons. The van der Waals surface area contributed by atoms with Crippen LogP contribution in [-0.4, -0.2) is 50.6 Å². The number of halogens is 1. The van der Waals surface area contributed by atoms with Crippen molar-refractivity contribution >= 4 is 29.1 Å². The van der Waals surface area contributed by atoms with Crippen molar-refractivity contribution in [3.8, 4) is 11.5 Å². The number of hydrogen-bond donors (Lipinski definition) is 2. The third-order valence-corrected chi connectivity index (χ3v) is 5.22. The predicted octanol–water partition coefficient (Wildman–Crippen LogP) is 3.32. The highest BCUT2D eigenvalue weighted by Crippen LogP contribution is 2.27. The smallest absolute Gasteiger partial charge is 0.255 e. The van der Waals surface area contributed by atoms with E-state index in [9.17, 15) is 9.59 Å². The fourth-order valence-corrected chi connectivity index (χ4v) is 3.54. The average molecular weight is 432 g/mol. The highest BCUT2D eigenvalue weighted by molar-refractivity contribution is 6.31. The molecule has 0 aromatic heterocycles. The second-order valence-electron chi connectivity index (χ2n) is 7.01. The van der Waals surface area contributed by atoms with Crippen LogP contribution in [0, 0.1) is 0 Å². The Morgan fingerprint density at radius 2 is 1.77 bits per heavy atom. The summed E-state index contributed by atoms with van der Waals surface area (Å²) in [5.74, 6) is 0.985. The minimum Gasteiger partial charge on any atom is -0.493 e. The van der Waals surface area contributed by atoms with Crippen molar-refractivity contribution in [2.45, 2.75) is 19.4 Å². The van der Waals surface area contributed by atoms with Crippen molar-refractivity contribution in [1.29, 1.82) is 0 Å². The van der Waals surface area contributed by atoms with Gasteiger partial charge in [0, 0.05) is 30.3 Å². The van der Waals surface area contributed by atoms with Gasteiger partial charge in [0.25, 0.3) is 5.91 Å². The normalized spacial score (nSPS) is 13.1. The van der Waals surface area contributed by atoms with Crippen molar-refractivity contribution in [2.75, 3.05) is 39.2 Å². The zero-order chi connectivity index (χ0) is 21.5. The van der Waals surface area contributed by atoms with Gasteiger partial charge >= 0.3 is 0 Å². The number of likely N-dealkylation sites (tertiary alicyclic amines) is 1. The standard InChI is InChI=1S/C22H26ClN3O4/c1-29-19-8-5-15(11-20(19)30-2)13-25-21(27)14-24-18-12-16(23)6-7-17(18)22(28)26-9-3-4-10-26/h5-8,11-12,24H,3-4,9-10,13-14H2,1-2H3,(H,25,27). The van der Waals surface area contributed by atoms with Crippen LogP contribution in [-0.2, 0) is 11.3 Å². The summed E-state index contributed by atoms with van der Waals surface area (Å²) in [6.07, 6.45) is 2.03. The fourth-order valence-electron chi connectivity index (χ4n) is 3.37. The second-order valence-corrected chi connectivity index (χ2v) is 7.45. The highest BCUT2D eigenvalue weighted by atomic mass is 35.5. The van der Waals surface area contributed by atoms with Crippen LogP contribution in [0.2, 0.25) is 5.02 Å². The Labute approximate surface area is 181 Å². The van der Waals surface area contributed by atoms with E-state index in [1.165, 1.54) is 0 Å². The number of anilines is 1. The Hall–Kier alpha value is -2.93. The molecular weight excluding hydrogens is 406 g/mol. The fraction of sp³-hybridized carbons (Fsp3) is 0.364. The first-order chi connectivity index (χ1) is 14.5. The van der Waals surface area contributed by atoms with Crippen molar-refractivity contribution in [1.82, 2.24) is 10.2 Å². The maximum atomic E-state index is 12.8. The van der Waals surface area contributed by atoms with E-state index in [1.807, 2.05) is 17.0 Å². The van der Waals surface area contributed by atoms with Gasteiger partial charge < -0.3 is 25.0 Å². The molecule has 0 aliphatic carbocycles. The number of ether oxygens (including phenoxy) is 2. The van der Waals surface area contributed by atoms with Crippen LogP contribution >= 0.6 is 11.6 Å². The number of carbonyl (C=O) groups excluding carboxylic acids is 2. The number of nitrogens with one attached hydrogen (secondary N) is 2. The lowest BCUT2D eigenvalue weighted by atomic mass is 10.1. The summed E-state index contributed by atoms with van der Waals surface area (Å²) in [7, 11) is 3.14. The van der Waals surface area contributed by atoms with Gasteiger partial charge in [-0.3, -0.25) is 9.59 Å². The van der Waals surface area contributed by atoms with E-state index in [0.29, 0.717) is 34.3 Å². The minimum atomic E-state index is -0.204. The van der Waals surface area contributed by atoms with E-state index in [0.717, 1.165) is 31.5 Å². The van der Waals surface area contributed by atoms with Crippen molar-refractivity contribution < 1.29 is 19.1 Å². The number of benzene rings is 2. The quantitative estimate of drug-likeness (QED) is 0.670. The van der Waals surface area contributed by atoms with E-state index in [2.05, 4.69) is 10.6 Å². The molecule has 0 saturated carbocycles. The van der Waals surface area contributed by atoms with Crippen LogP contribution in [0.1, 0.15) is 28.8 Å². The number of amides is 2. The molecule has 1 saturated heterocycles. The average Bonchev–Trinajstić information content (AvgIpc) is 3.30. The maximum absolute atomic E-state index is 12.8. The molecule has 2 aromatic carbocycles. The summed E-state index contributed by atoms with van der Waals surface area (Å²) in [5, 5.41) is 6.40. The molecule has 0 spiro atoms. The number of carbonyl (C=O) groups is 2. The van der Waals surface area contributed by atoms with Crippen molar-refractivity contribution in [2.24, 2.45) is 0 Å². The van der Waals surface area contributed by atoms with E-state index in [1.54, 1.807) is 38.5 Å². The van der Waals surface area contributed by atoms with Crippen LogP contribution in [0.3, 0.4) is 0 Å². The number of rotatable bonds is 8. The SMILES string of the molecule is COc1ccc(CNC(=O)CNc2cc(Cl)ccc2C(=O)N2CCCC2)cc1OC. The second kappa shape index (κ2) is 10.2. The summed E-state index contributed by atoms with van der Waals surface area (Å²) in [4.78, 5) is 26.9. The summed E-state index contributed by atoms with van der Waals surface area (Å²) < 4.78 is 10.5. The molecule has 0 unspecified atom stereocenters. The van der Waals surface area contributed by atoms with Gasteiger partial charge in [0.1, 0.15) is 0 Å². The molecule has 7 nitrogen and oxygen atoms in total. The van der Waals surface area contributed by atoms with Gasteiger partial charge in [-0.1, -0.05) is 17.7 Å². The van der Waals surface area contributed by atoms with Gasteiger partial charge in [0.05, 0.1) is 26.3 Å². The highest BCUT2D eigenvalue weighted by Gasteiger charge is 2.22. The minimum absolute atomic E-state index is 0.0217. The first kappa shape index (κ1) is 21.8. The summed E-state index contributed by atoms with van der Waals surface area (Å²) in [6.45, 7) is 1.88. The molecule has 0 bridgehead atoms. The lowest BCUT2D eigenvalue weighted by molar-refractivity contribution is -0.119. The van der Waals surface area contributed by atoms with Crippen LogP contribution < -0.4 is 20.1 Å². The lowest BCUT2D eigenvalue weighted by Crippen LogP contribution is -2.31. The topological polar surface area (TPSA) is 79.9 Å². The van der Waals surface area contributed by atoms with Gasteiger partial charge in [-0.15, -0.1) is 0 Å². The largest absolute Gasteiger partial charge is 0.493 e. The lowest BCUT2D eigenvalue weighted by Gasteiger charge is -2.18. The number of nitrogens with zero attached hydrogens (tertiary/aromatic N) is 1. The first-order valence-corrected chi connectivity index (χ1v) is 10.2. The van der Waals surface area contributed by atoms with E-state index in [-0.39, 0.29) is 18.4 Å². The van der Waals surface area contributed by atoms with Gasteiger partial charge in [0.15, 0.2) is 11.5 Å². The molecule has 8 heteroatoms. The van der Waals surface area contributed by atoms with Gasteiger partial charge in [-0.05, 0) is 48.7 Å². The van der Waals surface area contributed by atoms with E-state index < -0.39 is 0 Å². The molecule has 2 N–H and O–H groups in total. The van der Waals surface area contributed by atoms with Crippen molar-refractivity contribution in [3.05, 3.63) is 52.5 Å². The Kier molecular flexibility index (Phi) is 7.41. The van der Waals surface area contributed by atoms with Crippen LogP contribution in [0.5, 0.6) is 11.5 Å². The molecule has 3 rings (SSSR count). The predicted molar refractivity (Wildman–Crippen MR) is 116 cm³/mol. The maximum Gasteiger partial charge on any atom is 0.255 e. The zero-order valence-corrected chi connectivity index (χ0v) is 17.9. The number of methoxy groups -OCH3 is 2. The molecule has 2 aromatic rings. The molecule has 1 fully saturated rings. The number of hydrogen-bond acceptors (Lipinski definition) is 5. The first-order valence-electron chi connectivity index (χ1n) is 9.82. The molecule has 1 aliphatic rings. The zero-order valence-electron chi connectivity index (χ0n) is 17.2. The van der Waals surface area contributed by atoms with Crippen LogP contribution in [0.15, 0.2) is 36.4 Å². The Balaban J connectivity index is 1.59. The monoisotopic (exact) mass is 431 g/mol. The molecule has 1 aliphatic heterocycles. The summed E-state index contributed by atoms with van der Waals surface area (Å²) in [6, 6.07) is 10.5. The summed E-state index contributed by atoms with van der Waals surface area (Å²) in [5.41, 5.74) is 1.96. The molecule has 30 heavy (non-hydrogen) atoms. The van der Waals surface area contributed by atoms with Crippen molar-refractivity contribution in [3.63, 3.8) is 0 Å². The summed E-state index contributed by atoms with van der Waals surface area (Å²) >= 11 is 6.10. The van der Waals surface area contributed by atoms with E-state index in [4.69, 9.17) is 21.1 Å². The Bertz CT molecular complexity index is 913. The van der Waals surface area contributed by atoms with Crippen LogP contribution in [0.25, 0.3) is 0 Å². The third-order valence-electron chi connectivity index (χ3n) is 4.98. The molecule has 1 heterocycles. The molecule has 0 radical (unpaired) electrons.